The topological polar surface area (TPSA) is 34.9 Å². The van der Waals surface area contributed by atoms with Crippen LogP contribution in [0.5, 0.6) is 0 Å². The number of Topliss-reactive ketones (excluding diaryl/α,β-unsaturated/α-hetero) is 1. The van der Waals surface area contributed by atoms with Crippen molar-refractivity contribution in [3.05, 3.63) is 17.5 Å². The minimum Gasteiger partial charge on any atom is -0.293 e. The van der Waals surface area contributed by atoms with Crippen LogP contribution >= 0.6 is 11.8 Å². The van der Waals surface area contributed by atoms with Crippen LogP contribution in [0.2, 0.25) is 0 Å². The highest BCUT2D eigenvalue weighted by molar-refractivity contribution is 7.99. The Balaban J connectivity index is 2.55. The van der Waals surface area contributed by atoms with Gasteiger partial charge in [-0.1, -0.05) is 0 Å². The van der Waals surface area contributed by atoms with E-state index in [-0.39, 0.29) is 5.78 Å². The first kappa shape index (κ1) is 6.91. The van der Waals surface area contributed by atoms with Crippen LogP contribution in [0.25, 0.3) is 0 Å². The zero-order valence-corrected chi connectivity index (χ0v) is 7.02. The van der Waals surface area contributed by atoms with Crippen molar-refractivity contribution in [3.63, 3.8) is 0 Å². The zero-order valence-electron chi connectivity index (χ0n) is 6.20. The molecule has 0 aromatic carbocycles. The van der Waals surface area contributed by atoms with E-state index in [1.807, 2.05) is 7.05 Å². The second-order valence-electron chi connectivity index (χ2n) is 2.54. The van der Waals surface area contributed by atoms with Gasteiger partial charge in [0.1, 0.15) is 0 Å². The van der Waals surface area contributed by atoms with E-state index >= 15 is 0 Å². The number of carbonyl (C=O) groups is 1. The van der Waals surface area contributed by atoms with Gasteiger partial charge in [-0.3, -0.25) is 9.48 Å². The number of hydrogen-bond acceptors (Lipinski definition) is 3. The van der Waals surface area contributed by atoms with Crippen molar-refractivity contribution >= 4 is 17.5 Å². The fourth-order valence-electron chi connectivity index (χ4n) is 1.19. The molecule has 0 amide bonds. The first-order valence-electron chi connectivity index (χ1n) is 3.41. The number of carbonyl (C=O) groups excluding carboxylic acids is 1. The molecule has 0 fully saturated rings. The number of aromatic nitrogens is 2. The van der Waals surface area contributed by atoms with Crippen molar-refractivity contribution < 1.29 is 4.79 Å². The molecule has 0 bridgehead atoms. The second kappa shape index (κ2) is 2.37. The van der Waals surface area contributed by atoms with E-state index < -0.39 is 0 Å². The molecule has 4 heteroatoms. The number of aryl methyl sites for hydroxylation is 1. The van der Waals surface area contributed by atoms with Gasteiger partial charge in [0.15, 0.2) is 5.78 Å². The van der Waals surface area contributed by atoms with Gasteiger partial charge in [-0.15, -0.1) is 11.8 Å². The van der Waals surface area contributed by atoms with E-state index in [4.69, 9.17) is 0 Å². The number of rotatable bonds is 0. The summed E-state index contributed by atoms with van der Waals surface area (Å²) in [6.07, 6.45) is 1.66. The molecule has 0 N–H and O–H groups in total. The fraction of sp³-hybridized carbons (Fsp3) is 0.429. The monoisotopic (exact) mass is 168 g/mol. The van der Waals surface area contributed by atoms with Crippen molar-refractivity contribution in [2.45, 2.75) is 5.75 Å². The lowest BCUT2D eigenvalue weighted by Crippen LogP contribution is -2.12. The first-order chi connectivity index (χ1) is 5.29. The minimum atomic E-state index is 0.212. The quantitative estimate of drug-likeness (QED) is 0.576. The van der Waals surface area contributed by atoms with Crippen molar-refractivity contribution in [2.24, 2.45) is 7.05 Å². The van der Waals surface area contributed by atoms with Crippen molar-refractivity contribution in [3.8, 4) is 0 Å². The molecule has 1 aliphatic heterocycles. The molecule has 58 valence electrons. The SMILES string of the molecule is Cn1ncc2c1CSCC2=O. The molecular formula is C7H8N2OS. The van der Waals surface area contributed by atoms with E-state index in [0.29, 0.717) is 5.75 Å². The zero-order chi connectivity index (χ0) is 7.84. The molecule has 2 rings (SSSR count). The Hall–Kier alpha value is -0.770. The number of nitrogens with zero attached hydrogens (tertiary/aromatic N) is 2. The van der Waals surface area contributed by atoms with Crippen LogP contribution in [0.1, 0.15) is 16.1 Å². The van der Waals surface area contributed by atoms with Gasteiger partial charge in [0.05, 0.1) is 23.2 Å². The molecule has 2 heterocycles. The number of ketones is 1. The third-order valence-electron chi connectivity index (χ3n) is 1.83. The number of fused-ring (bicyclic) bond motifs is 1. The first-order valence-corrected chi connectivity index (χ1v) is 4.56. The number of thioether (sulfide) groups is 1. The normalized spacial score (nSPS) is 16.6. The average molecular weight is 168 g/mol. The van der Waals surface area contributed by atoms with Gasteiger partial charge < -0.3 is 0 Å². The summed E-state index contributed by atoms with van der Waals surface area (Å²) in [5, 5.41) is 4.03. The highest BCUT2D eigenvalue weighted by Crippen LogP contribution is 2.23. The molecule has 1 aromatic rings. The largest absolute Gasteiger partial charge is 0.293 e. The minimum absolute atomic E-state index is 0.212. The van der Waals surface area contributed by atoms with Gasteiger partial charge in [0.2, 0.25) is 0 Å². The van der Waals surface area contributed by atoms with Crippen LogP contribution in [-0.2, 0) is 12.8 Å². The van der Waals surface area contributed by atoms with E-state index in [1.54, 1.807) is 22.6 Å². The van der Waals surface area contributed by atoms with Gasteiger partial charge in [0.25, 0.3) is 0 Å². The average Bonchev–Trinajstić information content (AvgIpc) is 2.35. The Labute approximate surface area is 68.8 Å². The predicted molar refractivity (Wildman–Crippen MR) is 43.7 cm³/mol. The summed E-state index contributed by atoms with van der Waals surface area (Å²) in [6, 6.07) is 0. The van der Waals surface area contributed by atoms with E-state index in [9.17, 15) is 4.79 Å². The van der Waals surface area contributed by atoms with Crippen molar-refractivity contribution in [1.82, 2.24) is 9.78 Å². The van der Waals surface area contributed by atoms with Gasteiger partial charge in [-0.05, 0) is 0 Å². The van der Waals surface area contributed by atoms with Crippen LogP contribution in [0.3, 0.4) is 0 Å². The molecule has 0 saturated heterocycles. The lowest BCUT2D eigenvalue weighted by molar-refractivity contribution is 0.102. The maximum Gasteiger partial charge on any atom is 0.176 e. The summed E-state index contributed by atoms with van der Waals surface area (Å²) in [6.45, 7) is 0. The van der Waals surface area contributed by atoms with Crippen LogP contribution in [0.15, 0.2) is 6.20 Å². The van der Waals surface area contributed by atoms with Gasteiger partial charge >= 0.3 is 0 Å². The highest BCUT2D eigenvalue weighted by atomic mass is 32.2. The molecule has 0 unspecified atom stereocenters. The lowest BCUT2D eigenvalue weighted by Gasteiger charge is -2.09. The van der Waals surface area contributed by atoms with Crippen molar-refractivity contribution in [2.75, 3.05) is 5.75 Å². The maximum absolute atomic E-state index is 11.2. The molecule has 11 heavy (non-hydrogen) atoms. The third kappa shape index (κ3) is 0.976. The molecule has 3 nitrogen and oxygen atoms in total. The molecule has 0 atom stereocenters. The summed E-state index contributed by atoms with van der Waals surface area (Å²) < 4.78 is 1.78. The fourth-order valence-corrected chi connectivity index (χ4v) is 2.16. The van der Waals surface area contributed by atoms with Crippen molar-refractivity contribution in [1.29, 1.82) is 0 Å². The molecule has 0 radical (unpaired) electrons. The molecule has 1 aliphatic rings. The molecule has 0 aliphatic carbocycles. The highest BCUT2D eigenvalue weighted by Gasteiger charge is 2.20. The summed E-state index contributed by atoms with van der Waals surface area (Å²) in [5.74, 6) is 1.74. The Bertz CT molecular complexity index is 305. The van der Waals surface area contributed by atoms with E-state index in [1.165, 1.54) is 0 Å². The molecular weight excluding hydrogens is 160 g/mol. The van der Waals surface area contributed by atoms with Crippen LogP contribution in [0.4, 0.5) is 0 Å². The van der Waals surface area contributed by atoms with Gasteiger partial charge in [-0.2, -0.15) is 5.10 Å². The smallest absolute Gasteiger partial charge is 0.176 e. The lowest BCUT2D eigenvalue weighted by atomic mass is 10.2. The Morgan fingerprint density at radius 3 is 3.18 bits per heavy atom. The second-order valence-corrected chi connectivity index (χ2v) is 3.53. The summed E-state index contributed by atoms with van der Waals surface area (Å²) in [7, 11) is 1.87. The van der Waals surface area contributed by atoms with Crippen LogP contribution in [-0.4, -0.2) is 21.3 Å². The van der Waals surface area contributed by atoms with Gasteiger partial charge in [0, 0.05) is 12.8 Å². The van der Waals surface area contributed by atoms with E-state index in [2.05, 4.69) is 5.10 Å². The van der Waals surface area contributed by atoms with Crippen LogP contribution < -0.4 is 0 Å². The van der Waals surface area contributed by atoms with E-state index in [0.717, 1.165) is 17.0 Å². The number of hydrogen-bond donors (Lipinski definition) is 0. The Kier molecular flexibility index (Phi) is 1.49. The molecule has 0 saturated carbocycles. The summed E-state index contributed by atoms with van der Waals surface area (Å²) in [4.78, 5) is 11.2. The molecule has 1 aromatic heterocycles. The van der Waals surface area contributed by atoms with Crippen LogP contribution in [0, 0.1) is 0 Å². The molecule has 0 spiro atoms. The predicted octanol–water partition coefficient (Wildman–Crippen LogP) is 0.850. The Morgan fingerprint density at radius 2 is 2.45 bits per heavy atom. The summed E-state index contributed by atoms with van der Waals surface area (Å²) in [5.41, 5.74) is 1.87. The maximum atomic E-state index is 11.2. The van der Waals surface area contributed by atoms with Gasteiger partial charge in [-0.25, -0.2) is 0 Å². The third-order valence-corrected chi connectivity index (χ3v) is 2.78. The Morgan fingerprint density at radius 1 is 1.64 bits per heavy atom. The standard InChI is InChI=1S/C7H8N2OS/c1-9-6-3-11-4-7(10)5(6)2-8-9/h2H,3-4H2,1H3. The summed E-state index contributed by atoms with van der Waals surface area (Å²) >= 11 is 1.65.